The lowest BCUT2D eigenvalue weighted by Gasteiger charge is -2.21. The molecule has 0 radical (unpaired) electrons. The molecule has 14 heavy (non-hydrogen) atoms. The van der Waals surface area contributed by atoms with Gasteiger partial charge in [-0.3, -0.25) is 4.79 Å². The van der Waals surface area contributed by atoms with Crippen LogP contribution in [0.2, 0.25) is 0 Å². The fraction of sp³-hybridized carbons (Fsp3) is 0.923. The van der Waals surface area contributed by atoms with E-state index < -0.39 is 0 Å². The number of hydrogen-bond donors (Lipinski definition) is 0. The van der Waals surface area contributed by atoms with Crippen LogP contribution in [0.1, 0.15) is 52.4 Å². The Balaban J connectivity index is 1.87. The van der Waals surface area contributed by atoms with Crippen molar-refractivity contribution in [3.63, 3.8) is 0 Å². The largest absolute Gasteiger partial charge is 0.299 e. The van der Waals surface area contributed by atoms with Crippen LogP contribution in [0.15, 0.2) is 0 Å². The molecule has 2 aliphatic rings. The van der Waals surface area contributed by atoms with E-state index in [9.17, 15) is 4.79 Å². The van der Waals surface area contributed by atoms with E-state index in [4.69, 9.17) is 0 Å². The van der Waals surface area contributed by atoms with Gasteiger partial charge in [-0.05, 0) is 37.0 Å². The second kappa shape index (κ2) is 4.04. The third-order valence-corrected chi connectivity index (χ3v) is 4.40. The van der Waals surface area contributed by atoms with E-state index in [1.54, 1.807) is 0 Å². The van der Waals surface area contributed by atoms with E-state index in [0.29, 0.717) is 17.6 Å². The Morgan fingerprint density at radius 3 is 2.64 bits per heavy atom. The molecule has 2 bridgehead atoms. The Bertz CT molecular complexity index is 221. The molecule has 0 aromatic heterocycles. The first-order chi connectivity index (χ1) is 6.70. The van der Waals surface area contributed by atoms with Gasteiger partial charge >= 0.3 is 0 Å². The first-order valence-electron chi connectivity index (χ1n) is 6.23. The second-order valence-corrected chi connectivity index (χ2v) is 5.47. The lowest BCUT2D eigenvalue weighted by atomic mass is 9.82. The smallest absolute Gasteiger partial charge is 0.136 e. The first kappa shape index (κ1) is 10.2. The summed E-state index contributed by atoms with van der Waals surface area (Å²) in [6.45, 7) is 4.38. The molecule has 80 valence electrons. The van der Waals surface area contributed by atoms with E-state index in [1.165, 1.54) is 25.7 Å². The Kier molecular flexibility index (Phi) is 2.94. The van der Waals surface area contributed by atoms with Gasteiger partial charge in [-0.2, -0.15) is 0 Å². The summed E-state index contributed by atoms with van der Waals surface area (Å²) in [5.41, 5.74) is 0. The van der Waals surface area contributed by atoms with Crippen LogP contribution in [-0.4, -0.2) is 5.78 Å². The van der Waals surface area contributed by atoms with Gasteiger partial charge < -0.3 is 0 Å². The number of carbonyl (C=O) groups is 1. The predicted octanol–water partition coefficient (Wildman–Crippen LogP) is 3.43. The molecule has 1 nitrogen and oxygen atoms in total. The molecule has 0 amide bonds. The van der Waals surface area contributed by atoms with Crippen LogP contribution in [-0.2, 0) is 4.79 Å². The zero-order chi connectivity index (χ0) is 10.1. The fourth-order valence-corrected chi connectivity index (χ4v) is 3.28. The van der Waals surface area contributed by atoms with Crippen molar-refractivity contribution >= 4 is 5.78 Å². The molecule has 0 aliphatic heterocycles. The highest BCUT2D eigenvalue weighted by atomic mass is 16.1. The second-order valence-electron chi connectivity index (χ2n) is 5.47. The summed E-state index contributed by atoms with van der Waals surface area (Å²) in [7, 11) is 0. The van der Waals surface area contributed by atoms with Gasteiger partial charge in [0, 0.05) is 12.3 Å². The molecular formula is C13H22O. The van der Waals surface area contributed by atoms with Gasteiger partial charge in [0.1, 0.15) is 5.78 Å². The topological polar surface area (TPSA) is 17.1 Å². The molecule has 2 rings (SSSR count). The average molecular weight is 194 g/mol. The van der Waals surface area contributed by atoms with Gasteiger partial charge in [0.2, 0.25) is 0 Å². The average Bonchev–Trinajstić information content (AvgIpc) is 2.78. The lowest BCUT2D eigenvalue weighted by molar-refractivity contribution is -0.125. The SMILES string of the molecule is CCC(C)CC(=O)C1CC2CCC1C2. The zero-order valence-electron chi connectivity index (χ0n) is 9.46. The van der Waals surface area contributed by atoms with E-state index in [-0.39, 0.29) is 0 Å². The van der Waals surface area contributed by atoms with Crippen molar-refractivity contribution in [1.82, 2.24) is 0 Å². The zero-order valence-corrected chi connectivity index (χ0v) is 9.46. The number of fused-ring (bicyclic) bond motifs is 2. The third-order valence-electron chi connectivity index (χ3n) is 4.40. The molecule has 2 fully saturated rings. The molecule has 4 unspecified atom stereocenters. The quantitative estimate of drug-likeness (QED) is 0.670. The summed E-state index contributed by atoms with van der Waals surface area (Å²) in [5, 5.41) is 0. The molecule has 2 saturated carbocycles. The van der Waals surface area contributed by atoms with Crippen LogP contribution in [0.4, 0.5) is 0 Å². The number of hydrogen-bond acceptors (Lipinski definition) is 1. The minimum absolute atomic E-state index is 0.461. The maximum absolute atomic E-state index is 12.0. The summed E-state index contributed by atoms with van der Waals surface area (Å²) in [5.74, 6) is 3.32. The van der Waals surface area contributed by atoms with Gasteiger partial charge in [-0.15, -0.1) is 0 Å². The summed E-state index contributed by atoms with van der Waals surface area (Å²) in [6.07, 6.45) is 7.30. The molecular weight excluding hydrogens is 172 g/mol. The van der Waals surface area contributed by atoms with Gasteiger partial charge in [-0.25, -0.2) is 0 Å². The number of Topliss-reactive ketones (excluding diaryl/α,β-unsaturated/α-hetero) is 1. The van der Waals surface area contributed by atoms with Crippen molar-refractivity contribution in [1.29, 1.82) is 0 Å². The van der Waals surface area contributed by atoms with Crippen LogP contribution in [0.5, 0.6) is 0 Å². The highest BCUT2D eigenvalue weighted by Gasteiger charge is 2.42. The van der Waals surface area contributed by atoms with E-state index in [0.717, 1.165) is 24.7 Å². The number of carbonyl (C=O) groups excluding carboxylic acids is 1. The molecule has 0 aromatic rings. The van der Waals surface area contributed by atoms with Crippen molar-refractivity contribution in [2.24, 2.45) is 23.7 Å². The van der Waals surface area contributed by atoms with Gasteiger partial charge in [0.25, 0.3) is 0 Å². The van der Waals surface area contributed by atoms with Crippen molar-refractivity contribution in [2.45, 2.75) is 52.4 Å². The van der Waals surface area contributed by atoms with E-state index >= 15 is 0 Å². The van der Waals surface area contributed by atoms with Crippen LogP contribution < -0.4 is 0 Å². The Hall–Kier alpha value is -0.330. The molecule has 0 heterocycles. The van der Waals surface area contributed by atoms with Crippen molar-refractivity contribution < 1.29 is 4.79 Å². The predicted molar refractivity (Wildman–Crippen MR) is 58.0 cm³/mol. The first-order valence-corrected chi connectivity index (χ1v) is 6.23. The summed E-state index contributed by atoms with van der Waals surface area (Å²) in [4.78, 5) is 12.0. The van der Waals surface area contributed by atoms with Crippen LogP contribution in [0.25, 0.3) is 0 Å². The Labute approximate surface area is 87.3 Å². The minimum Gasteiger partial charge on any atom is -0.299 e. The maximum Gasteiger partial charge on any atom is 0.136 e. The Morgan fingerprint density at radius 2 is 2.14 bits per heavy atom. The maximum atomic E-state index is 12.0. The highest BCUT2D eigenvalue weighted by molar-refractivity contribution is 5.82. The molecule has 0 saturated heterocycles. The minimum atomic E-state index is 0.461. The number of ketones is 1. The summed E-state index contributed by atoms with van der Waals surface area (Å²) in [6, 6.07) is 0. The molecule has 0 spiro atoms. The van der Waals surface area contributed by atoms with Gasteiger partial charge in [0.05, 0.1) is 0 Å². The molecule has 1 heteroatoms. The monoisotopic (exact) mass is 194 g/mol. The van der Waals surface area contributed by atoms with E-state index in [1.807, 2.05) is 0 Å². The van der Waals surface area contributed by atoms with Crippen molar-refractivity contribution in [3.8, 4) is 0 Å². The highest BCUT2D eigenvalue weighted by Crippen LogP contribution is 2.49. The fourth-order valence-electron chi connectivity index (χ4n) is 3.28. The molecule has 0 aromatic carbocycles. The van der Waals surface area contributed by atoms with Crippen molar-refractivity contribution in [3.05, 3.63) is 0 Å². The molecule has 4 atom stereocenters. The lowest BCUT2D eigenvalue weighted by Crippen LogP contribution is -2.22. The molecule has 0 N–H and O–H groups in total. The summed E-state index contributed by atoms with van der Waals surface area (Å²) >= 11 is 0. The van der Waals surface area contributed by atoms with Crippen molar-refractivity contribution in [2.75, 3.05) is 0 Å². The van der Waals surface area contributed by atoms with Crippen LogP contribution in [0.3, 0.4) is 0 Å². The van der Waals surface area contributed by atoms with Gasteiger partial charge in [0.15, 0.2) is 0 Å². The molecule has 2 aliphatic carbocycles. The van der Waals surface area contributed by atoms with Crippen LogP contribution in [0, 0.1) is 23.7 Å². The number of rotatable bonds is 4. The van der Waals surface area contributed by atoms with E-state index in [2.05, 4.69) is 13.8 Å². The third kappa shape index (κ3) is 1.87. The summed E-state index contributed by atoms with van der Waals surface area (Å²) < 4.78 is 0. The van der Waals surface area contributed by atoms with Gasteiger partial charge in [-0.1, -0.05) is 26.7 Å². The Morgan fingerprint density at radius 1 is 1.36 bits per heavy atom. The standard InChI is InChI=1S/C13H22O/c1-3-9(2)6-13(14)12-8-10-4-5-11(12)7-10/h9-12H,3-8H2,1-2H3. The normalized spacial score (nSPS) is 37.4. The van der Waals surface area contributed by atoms with Crippen LogP contribution >= 0.6 is 0 Å².